The fourth-order valence-electron chi connectivity index (χ4n) is 2.32. The van der Waals surface area contributed by atoms with Crippen LogP contribution in [0.4, 0.5) is 14.5 Å². The standard InChI is InChI=1S/C15H14F2N2O3.C2H6/c1-7(2)10-5-9(19)3-8-4-12(16)11(6-18)14(13(8)10)22-15(17,20)21;1-2/h3-5,7,20-21H,19H2,1-2H3;1-2H3. The smallest absolute Gasteiger partial charge is 0.411 e. The highest BCUT2D eigenvalue weighted by atomic mass is 19.2. The maximum absolute atomic E-state index is 14.0. The van der Waals surface area contributed by atoms with Crippen LogP contribution in [0.15, 0.2) is 18.2 Å². The number of fused-ring (bicyclic) bond motifs is 1. The van der Waals surface area contributed by atoms with Crippen LogP contribution in [0.25, 0.3) is 10.8 Å². The van der Waals surface area contributed by atoms with Crippen LogP contribution in [-0.4, -0.2) is 16.4 Å². The van der Waals surface area contributed by atoms with Gasteiger partial charge >= 0.3 is 6.23 Å². The zero-order valence-electron chi connectivity index (χ0n) is 13.9. The molecule has 0 aliphatic heterocycles. The molecule has 0 fully saturated rings. The first-order valence-electron chi connectivity index (χ1n) is 7.42. The highest BCUT2D eigenvalue weighted by Crippen LogP contribution is 2.39. The van der Waals surface area contributed by atoms with Gasteiger partial charge in [0, 0.05) is 11.1 Å². The molecule has 130 valence electrons. The van der Waals surface area contributed by atoms with E-state index in [4.69, 9.17) is 21.2 Å². The SMILES string of the molecule is CC.CC(C)c1cc(N)cc2cc(F)c(C#N)c(OC(O)(O)F)c12. The van der Waals surface area contributed by atoms with Gasteiger partial charge in [-0.1, -0.05) is 27.7 Å². The first-order valence-corrected chi connectivity index (χ1v) is 7.42. The first-order chi connectivity index (χ1) is 11.1. The molecule has 0 bridgehead atoms. The van der Waals surface area contributed by atoms with Crippen molar-refractivity contribution < 1.29 is 23.7 Å². The van der Waals surface area contributed by atoms with Gasteiger partial charge in [0.05, 0.1) is 0 Å². The van der Waals surface area contributed by atoms with E-state index in [2.05, 4.69) is 4.74 Å². The second kappa shape index (κ2) is 7.43. The molecule has 4 N–H and O–H groups in total. The van der Waals surface area contributed by atoms with E-state index >= 15 is 0 Å². The normalized spacial score (nSPS) is 11.0. The van der Waals surface area contributed by atoms with Crippen molar-refractivity contribution in [1.82, 2.24) is 0 Å². The lowest BCUT2D eigenvalue weighted by molar-refractivity contribution is -0.375. The molecular weight excluding hydrogens is 318 g/mol. The number of rotatable bonds is 3. The molecule has 0 aliphatic carbocycles. The van der Waals surface area contributed by atoms with Crippen LogP contribution in [0, 0.1) is 17.1 Å². The fourth-order valence-corrected chi connectivity index (χ4v) is 2.32. The number of hydrogen-bond donors (Lipinski definition) is 3. The number of ether oxygens (including phenoxy) is 1. The van der Waals surface area contributed by atoms with Crippen LogP contribution in [0.3, 0.4) is 0 Å². The van der Waals surface area contributed by atoms with E-state index in [-0.39, 0.29) is 16.7 Å². The van der Waals surface area contributed by atoms with Crippen LogP contribution in [0.2, 0.25) is 0 Å². The molecule has 0 unspecified atom stereocenters. The second-order valence-electron chi connectivity index (χ2n) is 5.17. The predicted octanol–water partition coefficient (Wildman–Crippen LogP) is 3.53. The molecule has 2 aromatic carbocycles. The summed E-state index contributed by atoms with van der Waals surface area (Å²) in [6.45, 7) is 7.63. The quantitative estimate of drug-likeness (QED) is 0.587. The van der Waals surface area contributed by atoms with Crippen LogP contribution < -0.4 is 10.5 Å². The first kappa shape index (κ1) is 19.6. The van der Waals surface area contributed by atoms with Crippen molar-refractivity contribution in [2.45, 2.75) is 39.8 Å². The van der Waals surface area contributed by atoms with Gasteiger partial charge in [0.25, 0.3) is 0 Å². The molecule has 0 radical (unpaired) electrons. The lowest BCUT2D eigenvalue weighted by Gasteiger charge is -2.20. The summed E-state index contributed by atoms with van der Waals surface area (Å²) in [4.78, 5) is 0. The minimum atomic E-state index is -4.04. The topological polar surface area (TPSA) is 99.5 Å². The van der Waals surface area contributed by atoms with Gasteiger partial charge in [-0.2, -0.15) is 5.26 Å². The molecule has 2 rings (SSSR count). The number of nitrogens with zero attached hydrogens (tertiary/aromatic N) is 1. The number of hydrogen-bond acceptors (Lipinski definition) is 5. The number of nitriles is 1. The van der Waals surface area contributed by atoms with E-state index in [9.17, 15) is 8.78 Å². The van der Waals surface area contributed by atoms with E-state index in [1.54, 1.807) is 6.07 Å². The van der Waals surface area contributed by atoms with Crippen molar-refractivity contribution in [3.8, 4) is 11.8 Å². The molecule has 5 nitrogen and oxygen atoms in total. The molecule has 2 aromatic rings. The van der Waals surface area contributed by atoms with Crippen molar-refractivity contribution in [3.63, 3.8) is 0 Å². The van der Waals surface area contributed by atoms with E-state index in [0.717, 1.165) is 6.07 Å². The predicted molar refractivity (Wildman–Crippen MR) is 87.4 cm³/mol. The number of alkyl halides is 1. The minimum Gasteiger partial charge on any atom is -0.411 e. The molecule has 7 heteroatoms. The Bertz CT molecular complexity index is 778. The summed E-state index contributed by atoms with van der Waals surface area (Å²) < 4.78 is 31.5. The molecule has 0 saturated heterocycles. The molecule has 0 atom stereocenters. The van der Waals surface area contributed by atoms with E-state index in [1.807, 2.05) is 27.7 Å². The average Bonchev–Trinajstić information content (AvgIpc) is 2.46. The van der Waals surface area contributed by atoms with Crippen molar-refractivity contribution in [1.29, 1.82) is 5.26 Å². The largest absolute Gasteiger partial charge is 0.492 e. The Hall–Kier alpha value is -2.43. The molecule has 0 aliphatic rings. The summed E-state index contributed by atoms with van der Waals surface area (Å²) in [6.07, 6.45) is -4.04. The zero-order valence-corrected chi connectivity index (χ0v) is 13.9. The van der Waals surface area contributed by atoms with Gasteiger partial charge in [-0.05, 0) is 35.1 Å². The van der Waals surface area contributed by atoms with Gasteiger partial charge in [-0.3, -0.25) is 0 Å². The Morgan fingerprint density at radius 2 is 1.83 bits per heavy atom. The van der Waals surface area contributed by atoms with Gasteiger partial charge < -0.3 is 20.7 Å². The molecule has 0 amide bonds. The van der Waals surface area contributed by atoms with Crippen LogP contribution in [-0.2, 0) is 0 Å². The number of nitrogens with two attached hydrogens (primary N) is 1. The van der Waals surface area contributed by atoms with Crippen LogP contribution in [0.5, 0.6) is 5.75 Å². The Morgan fingerprint density at radius 1 is 1.25 bits per heavy atom. The monoisotopic (exact) mass is 338 g/mol. The maximum atomic E-state index is 14.0. The second-order valence-corrected chi connectivity index (χ2v) is 5.17. The molecule has 0 aromatic heterocycles. The summed E-state index contributed by atoms with van der Waals surface area (Å²) in [5.41, 5.74) is 6.05. The summed E-state index contributed by atoms with van der Waals surface area (Å²) in [7, 11) is 0. The Morgan fingerprint density at radius 3 is 2.29 bits per heavy atom. The van der Waals surface area contributed by atoms with Crippen LogP contribution in [0.1, 0.15) is 44.7 Å². The number of benzene rings is 2. The molecule has 0 spiro atoms. The van der Waals surface area contributed by atoms with Crippen molar-refractivity contribution in [2.75, 3.05) is 5.73 Å². The van der Waals surface area contributed by atoms with E-state index in [1.165, 1.54) is 12.1 Å². The van der Waals surface area contributed by atoms with Gasteiger partial charge in [-0.25, -0.2) is 4.39 Å². The van der Waals surface area contributed by atoms with Crippen molar-refractivity contribution in [3.05, 3.63) is 35.1 Å². The number of halogens is 2. The van der Waals surface area contributed by atoms with Crippen molar-refractivity contribution >= 4 is 16.5 Å². The Kier molecular flexibility index (Phi) is 6.07. The lowest BCUT2D eigenvalue weighted by Crippen LogP contribution is -2.29. The third-order valence-electron chi connectivity index (χ3n) is 3.16. The third kappa shape index (κ3) is 4.10. The summed E-state index contributed by atoms with van der Waals surface area (Å²) in [6, 6.07) is 5.61. The van der Waals surface area contributed by atoms with Gasteiger partial charge in [0.1, 0.15) is 17.4 Å². The Balaban J connectivity index is 0.00000139. The Labute approximate surface area is 138 Å². The van der Waals surface area contributed by atoms with E-state index in [0.29, 0.717) is 11.3 Å². The molecular formula is C17H20F2N2O3. The lowest BCUT2D eigenvalue weighted by atomic mass is 9.93. The average molecular weight is 338 g/mol. The summed E-state index contributed by atoms with van der Waals surface area (Å²) in [5.74, 6) is -1.67. The molecule has 24 heavy (non-hydrogen) atoms. The molecule has 0 saturated carbocycles. The summed E-state index contributed by atoms with van der Waals surface area (Å²) in [5, 5.41) is 27.2. The van der Waals surface area contributed by atoms with Crippen LogP contribution >= 0.6 is 0 Å². The highest BCUT2D eigenvalue weighted by molar-refractivity contribution is 5.96. The number of nitrogen functional groups attached to an aromatic ring is 1. The fraction of sp³-hybridized carbons (Fsp3) is 0.353. The van der Waals surface area contributed by atoms with Gasteiger partial charge in [0.15, 0.2) is 5.75 Å². The minimum absolute atomic E-state index is 0.114. The van der Waals surface area contributed by atoms with Crippen molar-refractivity contribution in [2.24, 2.45) is 0 Å². The molecule has 0 heterocycles. The third-order valence-corrected chi connectivity index (χ3v) is 3.16. The number of anilines is 1. The number of aliphatic hydroxyl groups is 2. The highest BCUT2D eigenvalue weighted by Gasteiger charge is 2.30. The summed E-state index contributed by atoms with van der Waals surface area (Å²) >= 11 is 0. The van der Waals surface area contributed by atoms with Gasteiger partial charge in [0.2, 0.25) is 0 Å². The maximum Gasteiger partial charge on any atom is 0.492 e. The van der Waals surface area contributed by atoms with Gasteiger partial charge in [-0.15, -0.1) is 4.39 Å². The zero-order chi connectivity index (χ0) is 18.7. The van der Waals surface area contributed by atoms with E-state index < -0.39 is 23.4 Å².